The first-order chi connectivity index (χ1) is 5.33. The first-order valence-corrected chi connectivity index (χ1v) is 4.07. The fraction of sp³-hybridized carbons (Fsp3) is 0.222. The topological polar surface area (TPSA) is 23.8 Å². The number of hydrogen-bond donors (Lipinski definition) is 0. The van der Waals surface area contributed by atoms with Gasteiger partial charge in [0.2, 0.25) is 0 Å². The number of nitrogens with zero attached hydrogens (tertiary/aromatic N) is 1. The molecule has 1 aromatic heterocycles. The van der Waals surface area contributed by atoms with Gasteiger partial charge < -0.3 is 0 Å². The largest absolute Gasteiger partial charge is 0.197 e. The Morgan fingerprint density at radius 3 is 2.91 bits per heavy atom. The SMILES string of the molecule is Cc1ccc(C#CCC#N)s1. The minimum Gasteiger partial charge on any atom is -0.197 e. The molecule has 0 aliphatic rings. The number of aryl methyl sites for hydroxylation is 1. The van der Waals surface area contributed by atoms with Crippen LogP contribution >= 0.6 is 11.3 Å². The Balaban J connectivity index is 2.68. The first-order valence-electron chi connectivity index (χ1n) is 3.25. The predicted molar refractivity (Wildman–Crippen MR) is 46.2 cm³/mol. The van der Waals surface area contributed by atoms with Crippen LogP contribution in [0.2, 0.25) is 0 Å². The number of nitriles is 1. The second kappa shape index (κ2) is 3.81. The Bertz CT molecular complexity index is 332. The molecule has 1 aromatic rings. The van der Waals surface area contributed by atoms with Crippen molar-refractivity contribution in [3.63, 3.8) is 0 Å². The lowest BCUT2D eigenvalue weighted by Crippen LogP contribution is -1.60. The maximum absolute atomic E-state index is 8.20. The maximum Gasteiger partial charge on any atom is 0.0966 e. The molecule has 1 heterocycles. The van der Waals surface area contributed by atoms with Crippen molar-refractivity contribution in [2.45, 2.75) is 13.3 Å². The summed E-state index contributed by atoms with van der Waals surface area (Å²) in [5.41, 5.74) is 0. The second-order valence-corrected chi connectivity index (χ2v) is 3.33. The van der Waals surface area contributed by atoms with Gasteiger partial charge >= 0.3 is 0 Å². The molecule has 0 fully saturated rings. The number of thiophene rings is 1. The third-order valence-electron chi connectivity index (χ3n) is 1.12. The second-order valence-electron chi connectivity index (χ2n) is 2.05. The number of hydrogen-bond acceptors (Lipinski definition) is 2. The zero-order chi connectivity index (χ0) is 8.10. The molecule has 0 radical (unpaired) electrons. The average Bonchev–Trinajstić information content (AvgIpc) is 2.37. The molecule has 0 aliphatic heterocycles. The molecule has 0 aromatic carbocycles. The van der Waals surface area contributed by atoms with Gasteiger partial charge in [-0.1, -0.05) is 11.8 Å². The van der Waals surface area contributed by atoms with Gasteiger partial charge in [0.25, 0.3) is 0 Å². The molecule has 0 saturated heterocycles. The highest BCUT2D eigenvalue weighted by molar-refractivity contribution is 7.12. The van der Waals surface area contributed by atoms with E-state index in [-0.39, 0.29) is 0 Å². The molecule has 0 saturated carbocycles. The highest BCUT2D eigenvalue weighted by Crippen LogP contribution is 2.12. The molecule has 2 heteroatoms. The molecule has 0 aliphatic carbocycles. The summed E-state index contributed by atoms with van der Waals surface area (Å²) in [4.78, 5) is 2.30. The highest BCUT2D eigenvalue weighted by Gasteiger charge is 1.89. The van der Waals surface area contributed by atoms with Crippen LogP contribution in [0.15, 0.2) is 12.1 Å². The molecular weight excluding hydrogens is 154 g/mol. The summed E-state index contributed by atoms with van der Waals surface area (Å²) in [5, 5.41) is 8.20. The monoisotopic (exact) mass is 161 g/mol. The van der Waals surface area contributed by atoms with Crippen molar-refractivity contribution in [2.24, 2.45) is 0 Å². The lowest BCUT2D eigenvalue weighted by Gasteiger charge is -1.74. The Morgan fingerprint density at radius 1 is 1.55 bits per heavy atom. The van der Waals surface area contributed by atoms with Crippen LogP contribution < -0.4 is 0 Å². The summed E-state index contributed by atoms with van der Waals surface area (Å²) < 4.78 is 0. The summed E-state index contributed by atoms with van der Waals surface area (Å²) in [6.07, 6.45) is 0.316. The third-order valence-corrected chi connectivity index (χ3v) is 2.04. The van der Waals surface area contributed by atoms with Crippen molar-refractivity contribution in [1.82, 2.24) is 0 Å². The molecule has 0 bridgehead atoms. The highest BCUT2D eigenvalue weighted by atomic mass is 32.1. The first kappa shape index (κ1) is 7.85. The zero-order valence-corrected chi connectivity index (χ0v) is 7.03. The van der Waals surface area contributed by atoms with Crippen molar-refractivity contribution in [1.29, 1.82) is 5.26 Å². The maximum atomic E-state index is 8.20. The Hall–Kier alpha value is -1.25. The Labute approximate surface area is 70.3 Å². The van der Waals surface area contributed by atoms with Crippen LogP contribution in [0.25, 0.3) is 0 Å². The summed E-state index contributed by atoms with van der Waals surface area (Å²) in [5.74, 6) is 5.68. The molecule has 1 nitrogen and oxygen atoms in total. The summed E-state index contributed by atoms with van der Waals surface area (Å²) in [6, 6.07) is 5.98. The van der Waals surface area contributed by atoms with Gasteiger partial charge in [0.1, 0.15) is 0 Å². The summed E-state index contributed by atoms with van der Waals surface area (Å²) >= 11 is 1.66. The minimum atomic E-state index is 0.316. The van der Waals surface area contributed by atoms with Crippen LogP contribution in [0.5, 0.6) is 0 Å². The minimum absolute atomic E-state index is 0.316. The molecule has 0 atom stereocenters. The van der Waals surface area contributed by atoms with Crippen molar-refractivity contribution in [2.75, 3.05) is 0 Å². The Morgan fingerprint density at radius 2 is 2.36 bits per heavy atom. The van der Waals surface area contributed by atoms with E-state index in [1.807, 2.05) is 25.1 Å². The predicted octanol–water partition coefficient (Wildman–Crippen LogP) is 2.32. The molecule has 11 heavy (non-hydrogen) atoms. The van der Waals surface area contributed by atoms with Gasteiger partial charge in [-0.25, -0.2) is 0 Å². The molecule has 0 spiro atoms. The molecule has 0 N–H and O–H groups in total. The van der Waals surface area contributed by atoms with E-state index in [2.05, 4.69) is 11.8 Å². The van der Waals surface area contributed by atoms with E-state index in [0.29, 0.717) is 6.42 Å². The van der Waals surface area contributed by atoms with E-state index >= 15 is 0 Å². The number of rotatable bonds is 0. The van der Waals surface area contributed by atoms with Gasteiger partial charge in [-0.2, -0.15) is 5.26 Å². The van der Waals surface area contributed by atoms with Crippen LogP contribution in [0.3, 0.4) is 0 Å². The third kappa shape index (κ3) is 2.45. The lowest BCUT2D eigenvalue weighted by atomic mass is 10.4. The van der Waals surface area contributed by atoms with Gasteiger partial charge in [0.05, 0.1) is 17.4 Å². The average molecular weight is 161 g/mol. The molecule has 1 rings (SSSR count). The van der Waals surface area contributed by atoms with E-state index in [9.17, 15) is 0 Å². The van der Waals surface area contributed by atoms with Gasteiger partial charge in [-0.15, -0.1) is 11.3 Å². The summed E-state index contributed by atoms with van der Waals surface area (Å²) in [7, 11) is 0. The van der Waals surface area contributed by atoms with E-state index in [0.717, 1.165) is 4.88 Å². The van der Waals surface area contributed by atoms with Crippen LogP contribution in [0.1, 0.15) is 16.2 Å². The zero-order valence-electron chi connectivity index (χ0n) is 6.22. The van der Waals surface area contributed by atoms with Gasteiger partial charge in [0, 0.05) is 4.88 Å². The van der Waals surface area contributed by atoms with Gasteiger partial charge in [0.15, 0.2) is 0 Å². The van der Waals surface area contributed by atoms with Crippen molar-refractivity contribution < 1.29 is 0 Å². The van der Waals surface area contributed by atoms with Crippen LogP contribution in [0, 0.1) is 30.1 Å². The van der Waals surface area contributed by atoms with Crippen LogP contribution in [0.4, 0.5) is 0 Å². The van der Waals surface area contributed by atoms with E-state index in [4.69, 9.17) is 5.26 Å². The standard InChI is InChI=1S/C9H7NS/c1-8-5-6-9(11-8)4-2-3-7-10/h5-6H,3H2,1H3. The molecule has 0 amide bonds. The smallest absolute Gasteiger partial charge is 0.0966 e. The van der Waals surface area contributed by atoms with Crippen molar-refractivity contribution in [3.05, 3.63) is 21.9 Å². The molecule has 0 unspecified atom stereocenters. The normalized spacial score (nSPS) is 8.00. The fourth-order valence-corrected chi connectivity index (χ4v) is 1.41. The van der Waals surface area contributed by atoms with E-state index in [1.54, 1.807) is 11.3 Å². The van der Waals surface area contributed by atoms with E-state index < -0.39 is 0 Å². The van der Waals surface area contributed by atoms with Gasteiger partial charge in [-0.05, 0) is 19.1 Å². The molecular formula is C9H7NS. The van der Waals surface area contributed by atoms with Crippen LogP contribution in [-0.2, 0) is 0 Å². The lowest BCUT2D eigenvalue weighted by molar-refractivity contribution is 1.40. The fourth-order valence-electron chi connectivity index (χ4n) is 0.673. The Kier molecular flexibility index (Phi) is 2.72. The quantitative estimate of drug-likeness (QED) is 0.536. The van der Waals surface area contributed by atoms with Gasteiger partial charge in [-0.3, -0.25) is 0 Å². The van der Waals surface area contributed by atoms with Crippen molar-refractivity contribution in [3.8, 4) is 17.9 Å². The van der Waals surface area contributed by atoms with Crippen molar-refractivity contribution >= 4 is 11.3 Å². The van der Waals surface area contributed by atoms with Crippen LogP contribution in [-0.4, -0.2) is 0 Å². The van der Waals surface area contributed by atoms with E-state index in [1.165, 1.54) is 4.88 Å². The summed E-state index contributed by atoms with van der Waals surface area (Å²) in [6.45, 7) is 2.04. The molecule has 54 valence electrons.